The Kier molecular flexibility index (Phi) is 6.06. The first-order valence-electron chi connectivity index (χ1n) is 6.88. The monoisotopic (exact) mass is 368 g/mol. The molecule has 0 saturated heterocycles. The molecule has 0 atom stereocenters. The summed E-state index contributed by atoms with van der Waals surface area (Å²) in [6.45, 7) is 1.53. The van der Waals surface area contributed by atoms with E-state index in [9.17, 15) is 9.59 Å². The highest BCUT2D eigenvalue weighted by atomic mass is 35.5. The number of hydrogen-bond donors (Lipinski definition) is 0. The van der Waals surface area contributed by atoms with Crippen LogP contribution in [-0.2, 0) is 20.9 Å². The van der Waals surface area contributed by atoms with Gasteiger partial charge in [0, 0.05) is 6.08 Å². The van der Waals surface area contributed by atoms with Crippen molar-refractivity contribution in [3.8, 4) is 0 Å². The molecular formula is C17H14Cl2O5. The van der Waals surface area contributed by atoms with Gasteiger partial charge in [0.1, 0.15) is 23.7 Å². The topological polar surface area (TPSA) is 65.7 Å². The van der Waals surface area contributed by atoms with Crippen LogP contribution in [0.3, 0.4) is 0 Å². The van der Waals surface area contributed by atoms with Gasteiger partial charge >= 0.3 is 11.9 Å². The maximum atomic E-state index is 11.7. The number of halogens is 2. The number of carbonyl (C=O) groups is 2. The second-order valence-corrected chi connectivity index (χ2v) is 5.60. The first kappa shape index (κ1) is 18.1. The maximum Gasteiger partial charge on any atom is 0.341 e. The van der Waals surface area contributed by atoms with Gasteiger partial charge in [0.15, 0.2) is 0 Å². The molecular weight excluding hydrogens is 355 g/mol. The van der Waals surface area contributed by atoms with E-state index in [1.54, 1.807) is 31.2 Å². The molecule has 0 radical (unpaired) electrons. The van der Waals surface area contributed by atoms with Gasteiger partial charge in [-0.05, 0) is 36.8 Å². The molecule has 7 heteroatoms. The van der Waals surface area contributed by atoms with Gasteiger partial charge in [-0.1, -0.05) is 29.3 Å². The SMILES string of the molecule is COC(=O)c1cc(COC(=O)/C=C/c2ccc(Cl)c(Cl)c2)oc1C. The van der Waals surface area contributed by atoms with Crippen molar-refractivity contribution in [2.24, 2.45) is 0 Å². The van der Waals surface area contributed by atoms with Crippen molar-refractivity contribution in [1.82, 2.24) is 0 Å². The first-order valence-corrected chi connectivity index (χ1v) is 7.64. The van der Waals surface area contributed by atoms with Crippen LogP contribution in [0.2, 0.25) is 10.0 Å². The highest BCUT2D eigenvalue weighted by Crippen LogP contribution is 2.23. The van der Waals surface area contributed by atoms with E-state index in [-0.39, 0.29) is 6.61 Å². The zero-order chi connectivity index (χ0) is 17.7. The van der Waals surface area contributed by atoms with Gasteiger partial charge < -0.3 is 13.9 Å². The molecule has 0 unspecified atom stereocenters. The van der Waals surface area contributed by atoms with Crippen molar-refractivity contribution in [2.45, 2.75) is 13.5 Å². The average Bonchev–Trinajstić information content (AvgIpc) is 2.94. The number of aryl methyl sites for hydroxylation is 1. The van der Waals surface area contributed by atoms with Gasteiger partial charge in [-0.15, -0.1) is 0 Å². The van der Waals surface area contributed by atoms with E-state index in [4.69, 9.17) is 32.4 Å². The Bertz CT molecular complexity index is 792. The predicted molar refractivity (Wildman–Crippen MR) is 90.1 cm³/mol. The minimum absolute atomic E-state index is 0.0949. The van der Waals surface area contributed by atoms with Gasteiger partial charge in [0.2, 0.25) is 0 Å². The number of ether oxygens (including phenoxy) is 2. The van der Waals surface area contributed by atoms with E-state index in [0.29, 0.717) is 32.7 Å². The predicted octanol–water partition coefficient (Wildman–Crippen LogP) is 4.44. The molecule has 0 aliphatic rings. The minimum atomic E-state index is -0.560. The van der Waals surface area contributed by atoms with Crippen LogP contribution in [0, 0.1) is 6.92 Å². The van der Waals surface area contributed by atoms with Crippen molar-refractivity contribution in [1.29, 1.82) is 0 Å². The van der Waals surface area contributed by atoms with Gasteiger partial charge in [-0.25, -0.2) is 9.59 Å². The summed E-state index contributed by atoms with van der Waals surface area (Å²) in [5.41, 5.74) is 1.01. The summed E-state index contributed by atoms with van der Waals surface area (Å²) in [6.07, 6.45) is 2.81. The lowest BCUT2D eigenvalue weighted by Gasteiger charge is -1.99. The van der Waals surface area contributed by atoms with Crippen molar-refractivity contribution >= 4 is 41.2 Å². The van der Waals surface area contributed by atoms with Gasteiger partial charge in [0.25, 0.3) is 0 Å². The molecule has 2 rings (SSSR count). The molecule has 0 aliphatic carbocycles. The standard InChI is InChI=1S/C17H14Cl2O5/c1-10-13(17(21)22-2)8-12(24-10)9-23-16(20)6-4-11-3-5-14(18)15(19)7-11/h3-8H,9H2,1-2H3/b6-4+. The van der Waals surface area contributed by atoms with Crippen molar-refractivity contribution in [2.75, 3.05) is 7.11 Å². The third kappa shape index (κ3) is 4.63. The number of rotatable bonds is 5. The van der Waals surface area contributed by atoms with Gasteiger partial charge in [-0.3, -0.25) is 0 Å². The zero-order valence-corrected chi connectivity index (χ0v) is 14.5. The Balaban J connectivity index is 1.94. The summed E-state index contributed by atoms with van der Waals surface area (Å²) in [7, 11) is 1.28. The van der Waals surface area contributed by atoms with Crippen LogP contribution in [0.5, 0.6) is 0 Å². The molecule has 126 valence electrons. The second-order valence-electron chi connectivity index (χ2n) is 4.79. The highest BCUT2D eigenvalue weighted by Gasteiger charge is 2.15. The fourth-order valence-electron chi connectivity index (χ4n) is 1.90. The maximum absolute atomic E-state index is 11.7. The van der Waals surface area contributed by atoms with Crippen LogP contribution < -0.4 is 0 Å². The zero-order valence-electron chi connectivity index (χ0n) is 13.0. The van der Waals surface area contributed by atoms with Crippen molar-refractivity contribution < 1.29 is 23.5 Å². The van der Waals surface area contributed by atoms with E-state index >= 15 is 0 Å². The van der Waals surface area contributed by atoms with E-state index < -0.39 is 11.9 Å². The first-order chi connectivity index (χ1) is 11.4. The Morgan fingerprint density at radius 1 is 1.21 bits per heavy atom. The Morgan fingerprint density at radius 3 is 2.62 bits per heavy atom. The summed E-state index contributed by atoms with van der Waals surface area (Å²) in [5, 5.41) is 0.833. The molecule has 1 aromatic carbocycles. The molecule has 0 saturated carbocycles. The fourth-order valence-corrected chi connectivity index (χ4v) is 2.20. The van der Waals surface area contributed by atoms with E-state index in [1.807, 2.05) is 0 Å². The third-order valence-corrected chi connectivity index (χ3v) is 3.83. The van der Waals surface area contributed by atoms with Crippen LogP contribution in [0.1, 0.15) is 27.4 Å². The van der Waals surface area contributed by atoms with Crippen LogP contribution in [-0.4, -0.2) is 19.0 Å². The Hall–Kier alpha value is -2.24. The molecule has 24 heavy (non-hydrogen) atoms. The lowest BCUT2D eigenvalue weighted by molar-refractivity contribution is -0.139. The second kappa shape index (κ2) is 8.04. The van der Waals surface area contributed by atoms with E-state index in [1.165, 1.54) is 19.3 Å². The Labute approximate surface area is 148 Å². The van der Waals surface area contributed by atoms with E-state index in [0.717, 1.165) is 0 Å². The van der Waals surface area contributed by atoms with Gasteiger partial charge in [0.05, 0.1) is 17.2 Å². The summed E-state index contributed by atoms with van der Waals surface area (Å²) in [6, 6.07) is 6.47. The van der Waals surface area contributed by atoms with Crippen LogP contribution >= 0.6 is 23.2 Å². The van der Waals surface area contributed by atoms with Gasteiger partial charge in [-0.2, -0.15) is 0 Å². The molecule has 0 fully saturated rings. The number of benzene rings is 1. The molecule has 5 nitrogen and oxygen atoms in total. The van der Waals surface area contributed by atoms with Crippen LogP contribution in [0.4, 0.5) is 0 Å². The molecule has 0 bridgehead atoms. The largest absolute Gasteiger partial charge is 0.465 e. The molecule has 0 aliphatic heterocycles. The number of esters is 2. The molecule has 0 N–H and O–H groups in total. The summed E-state index contributed by atoms with van der Waals surface area (Å²) < 4.78 is 15.0. The van der Waals surface area contributed by atoms with Crippen LogP contribution in [0.15, 0.2) is 34.8 Å². The normalized spacial score (nSPS) is 10.8. The fraction of sp³-hybridized carbons (Fsp3) is 0.176. The lowest BCUT2D eigenvalue weighted by atomic mass is 10.2. The van der Waals surface area contributed by atoms with Crippen molar-refractivity contribution in [3.05, 3.63) is 63.0 Å². The molecule has 1 aromatic heterocycles. The average molecular weight is 369 g/mol. The highest BCUT2D eigenvalue weighted by molar-refractivity contribution is 6.42. The third-order valence-electron chi connectivity index (χ3n) is 3.09. The minimum Gasteiger partial charge on any atom is -0.465 e. The quantitative estimate of drug-likeness (QED) is 0.576. The summed E-state index contributed by atoms with van der Waals surface area (Å²) in [5.74, 6) is -0.313. The number of furan rings is 1. The lowest BCUT2D eigenvalue weighted by Crippen LogP contribution is -2.01. The molecule has 2 aromatic rings. The van der Waals surface area contributed by atoms with E-state index in [2.05, 4.69) is 4.74 Å². The summed E-state index contributed by atoms with van der Waals surface area (Å²) >= 11 is 11.7. The number of hydrogen-bond acceptors (Lipinski definition) is 5. The molecule has 0 amide bonds. The number of methoxy groups -OCH3 is 1. The summed E-state index contributed by atoms with van der Waals surface area (Å²) in [4.78, 5) is 23.2. The molecule has 0 spiro atoms. The Morgan fingerprint density at radius 2 is 1.96 bits per heavy atom. The smallest absolute Gasteiger partial charge is 0.341 e. The number of carbonyl (C=O) groups excluding carboxylic acids is 2. The van der Waals surface area contributed by atoms with Crippen molar-refractivity contribution in [3.63, 3.8) is 0 Å². The molecule has 1 heterocycles. The van der Waals surface area contributed by atoms with Crippen LogP contribution in [0.25, 0.3) is 6.08 Å².